The van der Waals surface area contributed by atoms with Crippen molar-refractivity contribution < 1.29 is 23.9 Å². The van der Waals surface area contributed by atoms with Crippen molar-refractivity contribution in [2.75, 3.05) is 5.32 Å². The minimum atomic E-state index is -0.979. The highest BCUT2D eigenvalue weighted by atomic mass is 32.1. The summed E-state index contributed by atoms with van der Waals surface area (Å²) in [7, 11) is 0. The predicted molar refractivity (Wildman–Crippen MR) is 127 cm³/mol. The topological polar surface area (TPSA) is 114 Å². The van der Waals surface area contributed by atoms with Gasteiger partial charge in [0.1, 0.15) is 17.3 Å². The summed E-state index contributed by atoms with van der Waals surface area (Å²) in [6.07, 6.45) is 0.913. The molecular weight excluding hydrogens is 454 g/mol. The molecule has 3 aromatic rings. The molecule has 0 unspecified atom stereocenters. The quantitative estimate of drug-likeness (QED) is 0.449. The van der Waals surface area contributed by atoms with E-state index in [0.29, 0.717) is 0 Å². The van der Waals surface area contributed by atoms with Crippen LogP contribution < -0.4 is 10.6 Å². The highest BCUT2D eigenvalue weighted by Crippen LogP contribution is 2.36. The number of amides is 2. The van der Waals surface area contributed by atoms with Crippen LogP contribution in [0, 0.1) is 0 Å². The predicted octanol–water partition coefficient (Wildman–Crippen LogP) is 3.99. The summed E-state index contributed by atoms with van der Waals surface area (Å²) in [5.74, 6) is -1.28. The normalized spacial score (nSPS) is 13.5. The first kappa shape index (κ1) is 23.3. The van der Waals surface area contributed by atoms with Crippen LogP contribution in [0.15, 0.2) is 54.0 Å². The zero-order chi connectivity index (χ0) is 24.5. The van der Waals surface area contributed by atoms with Gasteiger partial charge in [0.25, 0.3) is 0 Å². The van der Waals surface area contributed by atoms with Gasteiger partial charge in [-0.1, -0.05) is 30.3 Å². The van der Waals surface area contributed by atoms with Crippen LogP contribution in [-0.2, 0) is 16.0 Å². The Morgan fingerprint density at radius 3 is 2.50 bits per heavy atom. The van der Waals surface area contributed by atoms with Crippen molar-refractivity contribution in [2.24, 2.45) is 0 Å². The van der Waals surface area contributed by atoms with Crippen LogP contribution >= 0.6 is 11.3 Å². The van der Waals surface area contributed by atoms with Crippen molar-refractivity contribution in [3.8, 4) is 0 Å². The van der Waals surface area contributed by atoms with E-state index < -0.39 is 29.4 Å². The second-order valence-electron chi connectivity index (χ2n) is 8.79. The zero-order valence-electron chi connectivity index (χ0n) is 18.9. The molecule has 4 rings (SSSR count). The minimum Gasteiger partial charge on any atom is -0.444 e. The number of aromatic nitrogens is 1. The SMILES string of the molecule is CC(C)(C)OC(=O)N[C@@H](Cc1ccccc1)C(=O)Nc1csc2c1C(=O)c1ncccc1C2=O. The highest BCUT2D eigenvalue weighted by molar-refractivity contribution is 7.13. The van der Waals surface area contributed by atoms with E-state index in [0.717, 1.165) is 16.9 Å². The third-order valence-corrected chi connectivity index (χ3v) is 6.02. The third kappa shape index (κ3) is 4.89. The first-order chi connectivity index (χ1) is 16.1. The molecule has 1 aromatic carbocycles. The molecule has 1 atom stereocenters. The van der Waals surface area contributed by atoms with Crippen molar-refractivity contribution in [2.45, 2.75) is 38.8 Å². The van der Waals surface area contributed by atoms with Crippen molar-refractivity contribution in [3.63, 3.8) is 0 Å². The number of carbonyl (C=O) groups is 4. The first-order valence-corrected chi connectivity index (χ1v) is 11.5. The van der Waals surface area contributed by atoms with E-state index >= 15 is 0 Å². The molecule has 0 spiro atoms. The number of carbonyl (C=O) groups excluding carboxylic acids is 4. The lowest BCUT2D eigenvalue weighted by Gasteiger charge is -2.23. The Morgan fingerprint density at radius 1 is 1.06 bits per heavy atom. The molecule has 0 saturated carbocycles. The summed E-state index contributed by atoms with van der Waals surface area (Å²) >= 11 is 1.08. The molecule has 2 N–H and O–H groups in total. The van der Waals surface area contributed by atoms with Crippen molar-refractivity contribution in [1.82, 2.24) is 10.3 Å². The van der Waals surface area contributed by atoms with Gasteiger partial charge in [0.05, 0.1) is 21.7 Å². The average Bonchev–Trinajstić information content (AvgIpc) is 3.20. The van der Waals surface area contributed by atoms with E-state index in [1.54, 1.807) is 38.3 Å². The Labute approximate surface area is 200 Å². The summed E-state index contributed by atoms with van der Waals surface area (Å²) in [5.41, 5.74) is 0.719. The van der Waals surface area contributed by atoms with E-state index in [-0.39, 0.29) is 39.6 Å². The van der Waals surface area contributed by atoms with Crippen LogP contribution in [0.1, 0.15) is 57.6 Å². The molecule has 1 aliphatic carbocycles. The number of nitrogens with one attached hydrogen (secondary N) is 2. The number of fused-ring (bicyclic) bond motifs is 2. The molecule has 2 aromatic heterocycles. The number of ketones is 2. The van der Waals surface area contributed by atoms with Crippen LogP contribution in [-0.4, -0.2) is 40.2 Å². The van der Waals surface area contributed by atoms with E-state index in [2.05, 4.69) is 15.6 Å². The van der Waals surface area contributed by atoms with E-state index in [4.69, 9.17) is 4.74 Å². The number of anilines is 1. The molecule has 0 aliphatic heterocycles. The Bertz CT molecular complexity index is 1280. The summed E-state index contributed by atoms with van der Waals surface area (Å²) in [6.45, 7) is 5.18. The maximum absolute atomic E-state index is 13.2. The number of hydrogen-bond donors (Lipinski definition) is 2. The molecule has 1 aliphatic rings. The third-order valence-electron chi connectivity index (χ3n) is 5.04. The Balaban J connectivity index is 1.59. The maximum atomic E-state index is 13.2. The van der Waals surface area contributed by atoms with Crippen molar-refractivity contribution in [3.05, 3.63) is 81.3 Å². The van der Waals surface area contributed by atoms with E-state index in [1.165, 1.54) is 6.20 Å². The smallest absolute Gasteiger partial charge is 0.408 e. The summed E-state index contributed by atoms with van der Waals surface area (Å²) in [5, 5.41) is 6.89. The van der Waals surface area contributed by atoms with Gasteiger partial charge in [-0.2, -0.15) is 0 Å². The molecule has 2 heterocycles. The van der Waals surface area contributed by atoms with Gasteiger partial charge in [-0.05, 0) is 38.5 Å². The number of thiophene rings is 1. The Hall–Kier alpha value is -3.85. The molecule has 0 fully saturated rings. The number of nitrogens with zero attached hydrogens (tertiary/aromatic N) is 1. The fourth-order valence-corrected chi connectivity index (χ4v) is 4.53. The lowest BCUT2D eigenvalue weighted by atomic mass is 9.92. The molecule has 174 valence electrons. The first-order valence-electron chi connectivity index (χ1n) is 10.6. The van der Waals surface area contributed by atoms with Crippen molar-refractivity contribution in [1.29, 1.82) is 0 Å². The number of rotatable bonds is 5. The zero-order valence-corrected chi connectivity index (χ0v) is 19.7. The van der Waals surface area contributed by atoms with Crippen LogP contribution in [0.5, 0.6) is 0 Å². The Kier molecular flexibility index (Phi) is 6.30. The van der Waals surface area contributed by atoms with Crippen LogP contribution in [0.3, 0.4) is 0 Å². The second-order valence-corrected chi connectivity index (χ2v) is 9.67. The lowest BCUT2D eigenvalue weighted by Crippen LogP contribution is -2.47. The van der Waals surface area contributed by atoms with Gasteiger partial charge < -0.3 is 15.4 Å². The number of ether oxygens (including phenoxy) is 1. The molecule has 9 heteroatoms. The van der Waals surface area contributed by atoms with Gasteiger partial charge in [-0.25, -0.2) is 4.79 Å². The van der Waals surface area contributed by atoms with Gasteiger partial charge in [-0.15, -0.1) is 11.3 Å². The summed E-state index contributed by atoms with van der Waals surface area (Å²) < 4.78 is 5.32. The van der Waals surface area contributed by atoms with Gasteiger partial charge >= 0.3 is 6.09 Å². The van der Waals surface area contributed by atoms with Gasteiger partial charge in [0, 0.05) is 18.0 Å². The fourth-order valence-electron chi connectivity index (χ4n) is 3.58. The lowest BCUT2D eigenvalue weighted by molar-refractivity contribution is -0.118. The van der Waals surface area contributed by atoms with Crippen LogP contribution in [0.4, 0.5) is 10.5 Å². The molecule has 0 radical (unpaired) electrons. The standard InChI is InChI=1S/C25H23N3O5S/c1-25(2,3)33-24(32)28-16(12-14-8-5-4-6-9-14)23(31)27-17-13-34-22-18(17)21(30)19-15(20(22)29)10-7-11-26-19/h4-11,13,16H,12H2,1-3H3,(H,27,31)(H,28,32)/t16-/m0/s1. The van der Waals surface area contributed by atoms with Crippen molar-refractivity contribution >= 4 is 40.6 Å². The molecule has 0 saturated heterocycles. The van der Waals surface area contributed by atoms with Gasteiger partial charge in [-0.3, -0.25) is 19.4 Å². The fraction of sp³-hybridized carbons (Fsp3) is 0.240. The Morgan fingerprint density at radius 2 is 1.79 bits per heavy atom. The maximum Gasteiger partial charge on any atom is 0.408 e. The van der Waals surface area contributed by atoms with Crippen LogP contribution in [0.25, 0.3) is 0 Å². The molecule has 2 amide bonds. The van der Waals surface area contributed by atoms with Gasteiger partial charge in [0.15, 0.2) is 0 Å². The highest BCUT2D eigenvalue weighted by Gasteiger charge is 2.35. The minimum absolute atomic E-state index is 0.0571. The molecular formula is C25H23N3O5S. The number of hydrogen-bond acceptors (Lipinski definition) is 7. The molecule has 8 nitrogen and oxygen atoms in total. The molecule has 0 bridgehead atoms. The summed E-state index contributed by atoms with van der Waals surface area (Å²) in [6, 6.07) is 11.4. The van der Waals surface area contributed by atoms with Gasteiger partial charge in [0.2, 0.25) is 17.5 Å². The number of benzene rings is 1. The van der Waals surface area contributed by atoms with E-state index in [1.807, 2.05) is 30.3 Å². The van der Waals surface area contributed by atoms with E-state index in [9.17, 15) is 19.2 Å². The second kappa shape index (κ2) is 9.18. The number of alkyl carbamates (subject to hydrolysis) is 1. The largest absolute Gasteiger partial charge is 0.444 e. The van der Waals surface area contributed by atoms with Crippen LogP contribution in [0.2, 0.25) is 0 Å². The molecule has 34 heavy (non-hydrogen) atoms. The summed E-state index contributed by atoms with van der Waals surface area (Å²) in [4.78, 5) is 55.9. The number of pyridine rings is 1. The monoisotopic (exact) mass is 477 g/mol. The average molecular weight is 478 g/mol.